The molecule has 2 aromatic rings. The summed E-state index contributed by atoms with van der Waals surface area (Å²) in [5.74, 6) is -0.363. The molecule has 0 aliphatic carbocycles. The highest BCUT2D eigenvalue weighted by Crippen LogP contribution is 2.17. The molecule has 0 saturated carbocycles. The molecule has 0 aromatic heterocycles. The molecule has 5 nitrogen and oxygen atoms in total. The Morgan fingerprint density at radius 1 is 1.12 bits per heavy atom. The number of nitrogens with zero attached hydrogens (tertiary/aromatic N) is 1. The number of halogens is 1. The fraction of sp³-hybridized carbons (Fsp3) is 0.235. The first-order chi connectivity index (χ1) is 11.3. The maximum absolute atomic E-state index is 12.4. The van der Waals surface area contributed by atoms with Crippen molar-refractivity contribution >= 4 is 27.5 Å². The Bertz CT molecular complexity index is 820. The van der Waals surface area contributed by atoms with Crippen LogP contribution >= 0.6 is 11.6 Å². The fourth-order valence-electron chi connectivity index (χ4n) is 2.13. The third-order valence-corrected chi connectivity index (χ3v) is 5.69. The molecule has 0 aliphatic heterocycles. The van der Waals surface area contributed by atoms with Crippen LogP contribution in [0.1, 0.15) is 11.1 Å². The number of nitrogens with one attached hydrogen (secondary N) is 1. The molecule has 7 heteroatoms. The summed E-state index contributed by atoms with van der Waals surface area (Å²) in [6, 6.07) is 13.5. The van der Waals surface area contributed by atoms with Gasteiger partial charge >= 0.3 is 0 Å². The Labute approximate surface area is 147 Å². The number of likely N-dealkylation sites (N-methyl/N-ethyl adjacent to an activating group) is 1. The van der Waals surface area contributed by atoms with E-state index in [9.17, 15) is 13.2 Å². The molecule has 0 aliphatic rings. The molecule has 1 amide bonds. The second-order valence-electron chi connectivity index (χ2n) is 5.42. The fourth-order valence-corrected chi connectivity index (χ4v) is 3.38. The van der Waals surface area contributed by atoms with Crippen molar-refractivity contribution in [3.05, 3.63) is 64.7 Å². The number of hydrogen-bond acceptors (Lipinski definition) is 3. The second-order valence-corrected chi connectivity index (χ2v) is 7.90. The Kier molecular flexibility index (Phi) is 5.99. The van der Waals surface area contributed by atoms with Crippen molar-refractivity contribution in [3.63, 3.8) is 0 Å². The normalized spacial score (nSPS) is 11.5. The predicted octanol–water partition coefficient (Wildman–Crippen LogP) is 2.59. The van der Waals surface area contributed by atoms with Gasteiger partial charge in [-0.15, -0.1) is 0 Å². The van der Waals surface area contributed by atoms with Gasteiger partial charge in [0.1, 0.15) is 0 Å². The van der Waals surface area contributed by atoms with Crippen LogP contribution in [0.5, 0.6) is 0 Å². The molecule has 24 heavy (non-hydrogen) atoms. The first-order valence-corrected chi connectivity index (χ1v) is 9.15. The molecular formula is C17H19ClN2O3S. The van der Waals surface area contributed by atoms with Crippen LogP contribution in [0.25, 0.3) is 0 Å². The van der Waals surface area contributed by atoms with Gasteiger partial charge in [0, 0.05) is 18.6 Å². The molecule has 128 valence electrons. The lowest BCUT2D eigenvalue weighted by atomic mass is 10.1. The Balaban J connectivity index is 1.98. The van der Waals surface area contributed by atoms with E-state index < -0.39 is 10.0 Å². The molecule has 1 N–H and O–H groups in total. The minimum atomic E-state index is -3.73. The van der Waals surface area contributed by atoms with Gasteiger partial charge in [-0.05, 0) is 42.3 Å². The summed E-state index contributed by atoms with van der Waals surface area (Å²) >= 11 is 5.77. The number of carbonyl (C=O) groups excluding carboxylic acids is 1. The first-order valence-electron chi connectivity index (χ1n) is 7.34. The third kappa shape index (κ3) is 4.56. The maximum atomic E-state index is 12.4. The van der Waals surface area contributed by atoms with Crippen LogP contribution < -0.4 is 5.32 Å². The molecule has 2 rings (SSSR count). The zero-order valence-electron chi connectivity index (χ0n) is 13.5. The summed E-state index contributed by atoms with van der Waals surface area (Å²) in [6.07, 6.45) is 0. The van der Waals surface area contributed by atoms with Crippen LogP contribution in [0.2, 0.25) is 5.02 Å². The molecule has 0 fully saturated rings. The lowest BCUT2D eigenvalue weighted by molar-refractivity contribution is -0.121. The van der Waals surface area contributed by atoms with Crippen molar-refractivity contribution in [1.82, 2.24) is 9.62 Å². The average Bonchev–Trinajstić information content (AvgIpc) is 2.54. The summed E-state index contributed by atoms with van der Waals surface area (Å²) in [5, 5.41) is 3.19. The largest absolute Gasteiger partial charge is 0.351 e. The van der Waals surface area contributed by atoms with Crippen molar-refractivity contribution in [2.24, 2.45) is 0 Å². The molecule has 0 spiro atoms. The van der Waals surface area contributed by atoms with Crippen molar-refractivity contribution in [3.8, 4) is 0 Å². The number of sulfonamides is 1. The molecule has 0 saturated heterocycles. The van der Waals surface area contributed by atoms with Crippen LogP contribution in [0.3, 0.4) is 0 Å². The Morgan fingerprint density at radius 3 is 2.38 bits per heavy atom. The predicted molar refractivity (Wildman–Crippen MR) is 94.3 cm³/mol. The number of amides is 1. The molecule has 2 aromatic carbocycles. The van der Waals surface area contributed by atoms with E-state index in [2.05, 4.69) is 5.32 Å². The highest BCUT2D eigenvalue weighted by Gasteiger charge is 2.22. The van der Waals surface area contributed by atoms with E-state index in [4.69, 9.17) is 11.6 Å². The quantitative estimate of drug-likeness (QED) is 0.854. The van der Waals surface area contributed by atoms with E-state index in [0.29, 0.717) is 11.6 Å². The molecule has 0 atom stereocenters. The highest BCUT2D eigenvalue weighted by atomic mass is 35.5. The van der Waals surface area contributed by atoms with Gasteiger partial charge in [-0.2, -0.15) is 4.31 Å². The van der Waals surface area contributed by atoms with Gasteiger partial charge in [0.25, 0.3) is 0 Å². The van der Waals surface area contributed by atoms with E-state index in [0.717, 1.165) is 15.4 Å². The molecular weight excluding hydrogens is 348 g/mol. The summed E-state index contributed by atoms with van der Waals surface area (Å²) in [5.41, 5.74) is 2.06. The zero-order valence-corrected chi connectivity index (χ0v) is 15.1. The molecule has 0 radical (unpaired) electrons. The Hall–Kier alpha value is -1.89. The number of aryl methyl sites for hydroxylation is 1. The van der Waals surface area contributed by atoms with E-state index in [1.54, 1.807) is 0 Å². The van der Waals surface area contributed by atoms with Gasteiger partial charge in [0.2, 0.25) is 15.9 Å². The summed E-state index contributed by atoms with van der Waals surface area (Å²) in [7, 11) is -2.36. The van der Waals surface area contributed by atoms with E-state index in [-0.39, 0.29) is 17.3 Å². The van der Waals surface area contributed by atoms with Crippen LogP contribution in [0, 0.1) is 6.92 Å². The lowest BCUT2D eigenvalue weighted by Gasteiger charge is -2.17. The summed E-state index contributed by atoms with van der Waals surface area (Å²) in [4.78, 5) is 12.1. The maximum Gasteiger partial charge on any atom is 0.243 e. The van der Waals surface area contributed by atoms with Crippen molar-refractivity contribution in [2.45, 2.75) is 18.4 Å². The monoisotopic (exact) mass is 366 g/mol. The minimum Gasteiger partial charge on any atom is -0.351 e. The number of benzene rings is 2. The zero-order chi connectivity index (χ0) is 17.7. The number of carbonyl (C=O) groups is 1. The lowest BCUT2D eigenvalue weighted by Crippen LogP contribution is -2.38. The van der Waals surface area contributed by atoms with E-state index >= 15 is 0 Å². The van der Waals surface area contributed by atoms with E-state index in [1.807, 2.05) is 31.2 Å². The third-order valence-electron chi connectivity index (χ3n) is 3.63. The van der Waals surface area contributed by atoms with Crippen molar-refractivity contribution in [1.29, 1.82) is 0 Å². The average molecular weight is 367 g/mol. The van der Waals surface area contributed by atoms with Gasteiger partial charge in [-0.3, -0.25) is 4.79 Å². The van der Waals surface area contributed by atoms with Crippen molar-refractivity contribution in [2.75, 3.05) is 13.6 Å². The number of rotatable bonds is 6. The standard InChI is InChI=1S/C17H19ClN2O3S/c1-13-5-3-4-6-14(13)11-19-17(21)12-20(2)24(22,23)16-9-7-15(18)8-10-16/h3-10H,11-12H2,1-2H3,(H,19,21). The van der Waals surface area contributed by atoms with Gasteiger partial charge in [0.15, 0.2) is 0 Å². The summed E-state index contributed by atoms with van der Waals surface area (Å²) < 4.78 is 25.8. The van der Waals surface area contributed by atoms with Crippen LogP contribution in [-0.4, -0.2) is 32.2 Å². The van der Waals surface area contributed by atoms with Gasteiger partial charge in [-0.25, -0.2) is 8.42 Å². The molecule has 0 unspecified atom stereocenters. The highest BCUT2D eigenvalue weighted by molar-refractivity contribution is 7.89. The topological polar surface area (TPSA) is 66.5 Å². The second kappa shape index (κ2) is 7.79. The number of hydrogen-bond donors (Lipinski definition) is 1. The van der Waals surface area contributed by atoms with E-state index in [1.165, 1.54) is 31.3 Å². The molecule has 0 bridgehead atoms. The SMILES string of the molecule is Cc1ccccc1CNC(=O)CN(C)S(=O)(=O)c1ccc(Cl)cc1. The van der Waals surface area contributed by atoms with Gasteiger partial charge < -0.3 is 5.32 Å². The first kappa shape index (κ1) is 18.4. The Morgan fingerprint density at radius 2 is 1.75 bits per heavy atom. The smallest absolute Gasteiger partial charge is 0.243 e. The summed E-state index contributed by atoms with van der Waals surface area (Å²) in [6.45, 7) is 2.07. The van der Waals surface area contributed by atoms with Gasteiger partial charge in [0.05, 0.1) is 11.4 Å². The van der Waals surface area contributed by atoms with Crippen molar-refractivity contribution < 1.29 is 13.2 Å². The minimum absolute atomic E-state index is 0.0982. The van der Waals surface area contributed by atoms with Gasteiger partial charge in [-0.1, -0.05) is 35.9 Å². The van der Waals surface area contributed by atoms with Crippen LogP contribution in [-0.2, 0) is 21.4 Å². The van der Waals surface area contributed by atoms with Crippen LogP contribution in [0.15, 0.2) is 53.4 Å². The van der Waals surface area contributed by atoms with Crippen LogP contribution in [0.4, 0.5) is 0 Å². The molecule has 0 heterocycles.